The van der Waals surface area contributed by atoms with Crippen molar-refractivity contribution >= 4 is 11.8 Å². The molecule has 0 saturated carbocycles. The molecule has 4 aromatic rings. The van der Waals surface area contributed by atoms with Gasteiger partial charge < -0.3 is 9.15 Å². The van der Waals surface area contributed by atoms with Crippen LogP contribution in [-0.4, -0.2) is 32.3 Å². The van der Waals surface area contributed by atoms with Crippen LogP contribution in [0.4, 0.5) is 0 Å². The fraction of sp³-hybridized carbons (Fsp3) is 0.111. The molecule has 0 aliphatic rings. The molecule has 0 aliphatic heterocycles. The van der Waals surface area contributed by atoms with Crippen molar-refractivity contribution in [2.45, 2.75) is 11.0 Å². The highest BCUT2D eigenvalue weighted by Crippen LogP contribution is 2.26. The van der Waals surface area contributed by atoms with Gasteiger partial charge in [0.05, 0.1) is 24.7 Å². The summed E-state index contributed by atoms with van der Waals surface area (Å²) in [4.78, 5) is 1.60. The number of rotatable bonds is 6. The average Bonchev–Trinajstić information content (AvgIpc) is 3.37. The number of benzene rings is 2. The van der Waals surface area contributed by atoms with Gasteiger partial charge in [0.25, 0.3) is 5.22 Å². The van der Waals surface area contributed by atoms with Crippen molar-refractivity contribution < 1.29 is 9.15 Å². The quantitative estimate of drug-likeness (QED) is 0.483. The van der Waals surface area contributed by atoms with E-state index in [0.717, 1.165) is 22.7 Å². The molecule has 2 aromatic heterocycles. The number of methoxy groups -OCH3 is 1. The zero-order chi connectivity index (χ0) is 17.8. The number of nitrogens with zero attached hydrogens (tertiary/aromatic N) is 5. The molecule has 2 aromatic carbocycles. The first-order valence-electron chi connectivity index (χ1n) is 7.89. The largest absolute Gasteiger partial charge is 0.497 e. The summed E-state index contributed by atoms with van der Waals surface area (Å²) in [5, 5.41) is 17.4. The molecule has 130 valence electrons. The maximum Gasteiger partial charge on any atom is 0.277 e. The Morgan fingerprint density at radius 3 is 2.62 bits per heavy atom. The smallest absolute Gasteiger partial charge is 0.277 e. The molecule has 2 heterocycles. The molecule has 0 fully saturated rings. The molecule has 26 heavy (non-hydrogen) atoms. The maximum atomic E-state index is 5.70. The minimum atomic E-state index is 0.475. The summed E-state index contributed by atoms with van der Waals surface area (Å²) >= 11 is 1.42. The number of thioether (sulfide) groups is 1. The predicted molar refractivity (Wildman–Crippen MR) is 97.2 cm³/mol. The van der Waals surface area contributed by atoms with Crippen molar-refractivity contribution in [2.75, 3.05) is 7.11 Å². The van der Waals surface area contributed by atoms with Gasteiger partial charge >= 0.3 is 0 Å². The second-order valence-electron chi connectivity index (χ2n) is 5.35. The molecule has 0 spiro atoms. The van der Waals surface area contributed by atoms with Crippen molar-refractivity contribution in [2.24, 2.45) is 0 Å². The summed E-state index contributed by atoms with van der Waals surface area (Å²) < 4.78 is 10.8. The Morgan fingerprint density at radius 2 is 1.85 bits per heavy atom. The van der Waals surface area contributed by atoms with Crippen molar-refractivity contribution in [3.8, 4) is 22.9 Å². The first-order valence-corrected chi connectivity index (χ1v) is 8.88. The van der Waals surface area contributed by atoms with E-state index >= 15 is 0 Å². The first kappa shape index (κ1) is 16.3. The van der Waals surface area contributed by atoms with Crippen molar-refractivity contribution in [3.05, 3.63) is 66.5 Å². The Labute approximate surface area is 154 Å². The van der Waals surface area contributed by atoms with E-state index in [9.17, 15) is 0 Å². The predicted octanol–water partition coefficient (Wildman–Crippen LogP) is 3.62. The summed E-state index contributed by atoms with van der Waals surface area (Å²) in [6.45, 7) is 0. The highest BCUT2D eigenvalue weighted by molar-refractivity contribution is 7.98. The molecule has 0 saturated heterocycles. The lowest BCUT2D eigenvalue weighted by Crippen LogP contribution is -1.98. The summed E-state index contributed by atoms with van der Waals surface area (Å²) in [5.41, 5.74) is 2.60. The summed E-state index contributed by atoms with van der Waals surface area (Å²) in [5.74, 6) is 1.85. The van der Waals surface area contributed by atoms with E-state index in [2.05, 4.69) is 20.4 Å². The number of hydrogen-bond acceptors (Lipinski definition) is 7. The third-order valence-electron chi connectivity index (χ3n) is 3.61. The van der Waals surface area contributed by atoms with Gasteiger partial charge in [0, 0.05) is 11.3 Å². The van der Waals surface area contributed by atoms with Gasteiger partial charge in [-0.2, -0.15) is 15.0 Å². The first-order chi connectivity index (χ1) is 12.8. The number of hydrogen-bond donors (Lipinski definition) is 0. The van der Waals surface area contributed by atoms with E-state index in [4.69, 9.17) is 9.15 Å². The Hall–Kier alpha value is -3.13. The molecular weight excluding hydrogens is 350 g/mol. The molecule has 7 nitrogen and oxygen atoms in total. The van der Waals surface area contributed by atoms with Gasteiger partial charge in [-0.1, -0.05) is 30.0 Å². The van der Waals surface area contributed by atoms with Gasteiger partial charge in [0.2, 0.25) is 5.89 Å². The summed E-state index contributed by atoms with van der Waals surface area (Å²) in [6, 6.07) is 17.2. The molecule has 0 radical (unpaired) electrons. The van der Waals surface area contributed by atoms with Crippen LogP contribution in [0.5, 0.6) is 5.75 Å². The van der Waals surface area contributed by atoms with Crippen LogP contribution in [-0.2, 0) is 5.75 Å². The minimum absolute atomic E-state index is 0.475. The van der Waals surface area contributed by atoms with E-state index in [-0.39, 0.29) is 0 Å². The van der Waals surface area contributed by atoms with Crippen LogP contribution in [0.15, 0.2) is 70.4 Å². The highest BCUT2D eigenvalue weighted by Gasteiger charge is 2.11. The zero-order valence-corrected chi connectivity index (χ0v) is 14.8. The number of aromatic nitrogens is 5. The number of ether oxygens (including phenoxy) is 1. The van der Waals surface area contributed by atoms with Gasteiger partial charge in [-0.3, -0.25) is 0 Å². The van der Waals surface area contributed by atoms with Gasteiger partial charge in [0.15, 0.2) is 0 Å². The maximum absolute atomic E-state index is 5.70. The lowest BCUT2D eigenvalue weighted by molar-refractivity contribution is 0.414. The summed E-state index contributed by atoms with van der Waals surface area (Å²) in [7, 11) is 1.63. The molecule has 4 rings (SSSR count). The molecule has 0 N–H and O–H groups in total. The Morgan fingerprint density at radius 1 is 1.04 bits per heavy atom. The third-order valence-corrected chi connectivity index (χ3v) is 4.47. The molecule has 0 bridgehead atoms. The van der Waals surface area contributed by atoms with Crippen LogP contribution in [0.1, 0.15) is 5.69 Å². The standard InChI is InChI=1S/C18H15N5O2S/c1-24-16-9-7-13(8-10-16)17-20-21-18(25-17)26-12-14-11-19-23(22-14)15-5-3-2-4-6-15/h2-11H,12H2,1H3. The normalized spacial score (nSPS) is 10.8. The second kappa shape index (κ2) is 7.40. The molecule has 8 heteroatoms. The van der Waals surface area contributed by atoms with Crippen molar-refractivity contribution in [1.82, 2.24) is 25.2 Å². The van der Waals surface area contributed by atoms with E-state index < -0.39 is 0 Å². The average molecular weight is 365 g/mol. The Balaban J connectivity index is 1.41. The van der Waals surface area contributed by atoms with Crippen molar-refractivity contribution in [1.29, 1.82) is 0 Å². The lowest BCUT2D eigenvalue weighted by atomic mass is 10.2. The molecule has 0 amide bonds. The monoisotopic (exact) mass is 365 g/mol. The minimum Gasteiger partial charge on any atom is -0.497 e. The molecular formula is C18H15N5O2S. The number of para-hydroxylation sites is 1. The van der Waals surface area contributed by atoms with E-state index in [1.54, 1.807) is 18.1 Å². The van der Waals surface area contributed by atoms with E-state index in [0.29, 0.717) is 16.9 Å². The van der Waals surface area contributed by atoms with Crippen LogP contribution < -0.4 is 4.74 Å². The third kappa shape index (κ3) is 3.60. The molecule has 0 unspecified atom stereocenters. The van der Waals surface area contributed by atoms with Gasteiger partial charge in [-0.05, 0) is 36.4 Å². The van der Waals surface area contributed by atoms with E-state index in [1.165, 1.54) is 11.8 Å². The topological polar surface area (TPSA) is 78.9 Å². The van der Waals surface area contributed by atoms with Crippen LogP contribution in [0, 0.1) is 0 Å². The molecule has 0 aliphatic carbocycles. The summed E-state index contributed by atoms with van der Waals surface area (Å²) in [6.07, 6.45) is 1.74. The van der Waals surface area contributed by atoms with E-state index in [1.807, 2.05) is 54.6 Å². The zero-order valence-electron chi connectivity index (χ0n) is 13.9. The van der Waals surface area contributed by atoms with Crippen LogP contribution >= 0.6 is 11.8 Å². The van der Waals surface area contributed by atoms with Gasteiger partial charge in [0.1, 0.15) is 5.75 Å². The van der Waals surface area contributed by atoms with Crippen LogP contribution in [0.3, 0.4) is 0 Å². The van der Waals surface area contributed by atoms with Crippen LogP contribution in [0.2, 0.25) is 0 Å². The van der Waals surface area contributed by atoms with Crippen LogP contribution in [0.25, 0.3) is 17.1 Å². The lowest BCUT2D eigenvalue weighted by Gasteiger charge is -1.99. The fourth-order valence-corrected chi connectivity index (χ4v) is 2.94. The van der Waals surface area contributed by atoms with Gasteiger partial charge in [-0.25, -0.2) is 0 Å². The SMILES string of the molecule is COc1ccc(-c2nnc(SCc3cnn(-c4ccccc4)n3)o2)cc1. The highest BCUT2D eigenvalue weighted by atomic mass is 32.2. The van der Waals surface area contributed by atoms with Gasteiger partial charge in [-0.15, -0.1) is 10.2 Å². The Kier molecular flexibility index (Phi) is 4.65. The Bertz CT molecular complexity index is 982. The van der Waals surface area contributed by atoms with Crippen molar-refractivity contribution in [3.63, 3.8) is 0 Å². The second-order valence-corrected chi connectivity index (χ2v) is 6.28. The molecule has 0 atom stereocenters. The fourth-order valence-electron chi connectivity index (χ4n) is 2.30.